The molecule has 4 aliphatic rings. The van der Waals surface area contributed by atoms with Gasteiger partial charge in [0.05, 0.1) is 24.8 Å². The van der Waals surface area contributed by atoms with Gasteiger partial charge in [0.2, 0.25) is 0 Å². The van der Waals surface area contributed by atoms with Crippen molar-refractivity contribution in [1.82, 2.24) is 9.97 Å². The predicted molar refractivity (Wildman–Crippen MR) is 146 cm³/mol. The Hall–Kier alpha value is -1.72. The van der Waals surface area contributed by atoms with Gasteiger partial charge in [-0.1, -0.05) is 20.8 Å². The van der Waals surface area contributed by atoms with Crippen LogP contribution in [0, 0.1) is 46.3 Å². The quantitative estimate of drug-likeness (QED) is 0.505. The second kappa shape index (κ2) is 9.48. The number of aromatic nitrogens is 2. The Bertz CT molecular complexity index is 1140. The van der Waals surface area contributed by atoms with Crippen molar-refractivity contribution in [2.45, 2.75) is 97.2 Å². The van der Waals surface area contributed by atoms with Crippen molar-refractivity contribution >= 4 is 10.9 Å². The molecule has 5 nitrogen and oxygen atoms in total. The highest BCUT2D eigenvalue weighted by atomic mass is 16.5. The lowest BCUT2D eigenvalue weighted by molar-refractivity contribution is -0.174. The number of rotatable bonds is 5. The van der Waals surface area contributed by atoms with Gasteiger partial charge in [-0.05, 0) is 116 Å². The zero-order chi connectivity index (χ0) is 25.9. The number of methoxy groups -OCH3 is 1. The van der Waals surface area contributed by atoms with Crippen molar-refractivity contribution in [3.8, 4) is 5.75 Å². The van der Waals surface area contributed by atoms with Crippen LogP contribution in [0.15, 0.2) is 24.4 Å². The third-order valence-electron chi connectivity index (χ3n) is 12.1. The van der Waals surface area contributed by atoms with Gasteiger partial charge in [0.25, 0.3) is 0 Å². The van der Waals surface area contributed by atoms with E-state index >= 15 is 0 Å². The number of aliphatic hydroxyl groups excluding tert-OH is 2. The van der Waals surface area contributed by atoms with Gasteiger partial charge in [0, 0.05) is 24.1 Å². The molecule has 1 heterocycles. The lowest BCUT2D eigenvalue weighted by Crippen LogP contribution is -2.58. The van der Waals surface area contributed by atoms with Gasteiger partial charge < -0.3 is 14.9 Å². The molecule has 0 amide bonds. The summed E-state index contributed by atoms with van der Waals surface area (Å²) in [6.45, 7) is 7.52. The van der Waals surface area contributed by atoms with E-state index in [1.54, 1.807) is 7.11 Å². The van der Waals surface area contributed by atoms with Gasteiger partial charge in [-0.3, -0.25) is 0 Å². The first kappa shape index (κ1) is 25.6. The standard InChI is InChI=1S/C32H46N2O3/c1-19(5-10-29-33-18-20-6-7-23(37-4)17-27(20)34-29)24-8-9-25-30-26(12-14-32(24,25)3)31(2)13-11-22(35)15-21(31)16-28(30)36/h6-7,17-19,21-22,24-26,28,30,35-36H,5,8-16H2,1-4H3/t19-,21+,22-,24-,25+,26?,28-,30+,31+,32-/m1/s1. The summed E-state index contributed by atoms with van der Waals surface area (Å²) >= 11 is 0. The molecule has 202 valence electrons. The summed E-state index contributed by atoms with van der Waals surface area (Å²) in [5.41, 5.74) is 1.57. The first-order valence-corrected chi connectivity index (χ1v) is 14.9. The van der Waals surface area contributed by atoms with Crippen LogP contribution < -0.4 is 4.74 Å². The second-order valence-electron chi connectivity index (χ2n) is 13.7. The Labute approximate surface area is 222 Å². The summed E-state index contributed by atoms with van der Waals surface area (Å²) in [7, 11) is 1.69. The summed E-state index contributed by atoms with van der Waals surface area (Å²) in [4.78, 5) is 9.53. The maximum absolute atomic E-state index is 11.5. The molecule has 2 N–H and O–H groups in total. The summed E-state index contributed by atoms with van der Waals surface area (Å²) in [6, 6.07) is 5.98. The van der Waals surface area contributed by atoms with Crippen molar-refractivity contribution in [3.63, 3.8) is 0 Å². The molecular weight excluding hydrogens is 460 g/mol. The van der Waals surface area contributed by atoms with Crippen LogP contribution in [0.1, 0.15) is 84.4 Å². The number of nitrogens with zero attached hydrogens (tertiary/aromatic N) is 2. The third kappa shape index (κ3) is 4.19. The van der Waals surface area contributed by atoms with Crippen LogP contribution in [0.25, 0.3) is 10.9 Å². The highest BCUT2D eigenvalue weighted by Gasteiger charge is 2.62. The van der Waals surface area contributed by atoms with Crippen LogP contribution in [0.3, 0.4) is 0 Å². The van der Waals surface area contributed by atoms with Crippen molar-refractivity contribution in [2.24, 2.45) is 46.3 Å². The Morgan fingerprint density at radius 3 is 2.62 bits per heavy atom. The van der Waals surface area contributed by atoms with E-state index in [0.29, 0.717) is 46.3 Å². The molecule has 0 aliphatic heterocycles. The topological polar surface area (TPSA) is 75.5 Å². The van der Waals surface area contributed by atoms with E-state index in [1.807, 2.05) is 24.4 Å². The van der Waals surface area contributed by atoms with Crippen LogP contribution in [0.5, 0.6) is 5.75 Å². The Kier molecular flexibility index (Phi) is 6.55. The average Bonchev–Trinajstić information content (AvgIpc) is 3.25. The summed E-state index contributed by atoms with van der Waals surface area (Å²) in [5, 5.41) is 22.9. The molecular formula is C32H46N2O3. The van der Waals surface area contributed by atoms with Crippen molar-refractivity contribution in [1.29, 1.82) is 0 Å². The van der Waals surface area contributed by atoms with Crippen LogP contribution in [-0.2, 0) is 6.42 Å². The molecule has 0 bridgehead atoms. The van der Waals surface area contributed by atoms with E-state index < -0.39 is 0 Å². The number of aliphatic hydroxyl groups is 2. The van der Waals surface area contributed by atoms with Gasteiger partial charge in [-0.2, -0.15) is 0 Å². The van der Waals surface area contributed by atoms with E-state index in [4.69, 9.17) is 9.72 Å². The minimum atomic E-state index is -0.199. The van der Waals surface area contributed by atoms with E-state index in [2.05, 4.69) is 25.8 Å². The summed E-state index contributed by atoms with van der Waals surface area (Å²) in [6.07, 6.45) is 12.5. The third-order valence-corrected chi connectivity index (χ3v) is 12.1. The summed E-state index contributed by atoms with van der Waals surface area (Å²) in [5.74, 6) is 5.24. The van der Waals surface area contributed by atoms with Crippen LogP contribution in [-0.4, -0.2) is 39.5 Å². The second-order valence-corrected chi connectivity index (χ2v) is 13.7. The number of hydrogen-bond acceptors (Lipinski definition) is 5. The molecule has 4 fully saturated rings. The normalized spacial score (nSPS) is 42.1. The molecule has 10 atom stereocenters. The monoisotopic (exact) mass is 506 g/mol. The van der Waals surface area contributed by atoms with Crippen LogP contribution in [0.2, 0.25) is 0 Å². The maximum Gasteiger partial charge on any atom is 0.128 e. The van der Waals surface area contributed by atoms with Gasteiger partial charge in [-0.25, -0.2) is 9.97 Å². The van der Waals surface area contributed by atoms with Crippen molar-refractivity contribution in [2.75, 3.05) is 7.11 Å². The minimum absolute atomic E-state index is 0.166. The van der Waals surface area contributed by atoms with Gasteiger partial charge in [0.1, 0.15) is 11.6 Å². The fourth-order valence-corrected chi connectivity index (χ4v) is 10.0. The molecule has 0 saturated heterocycles. The number of fused-ring (bicyclic) bond motifs is 6. The molecule has 0 spiro atoms. The van der Waals surface area contributed by atoms with Gasteiger partial charge in [-0.15, -0.1) is 0 Å². The van der Waals surface area contributed by atoms with Crippen molar-refractivity contribution < 1.29 is 14.9 Å². The van der Waals surface area contributed by atoms with Gasteiger partial charge in [0.15, 0.2) is 0 Å². The Morgan fingerprint density at radius 2 is 1.81 bits per heavy atom. The SMILES string of the molecule is COc1ccc2cnc(CC[C@@H](C)[C@H]3CC[C@H]4[C@H]5C(CC[C@]34C)[C@@]3(C)CC[C@@H](O)C[C@H]3C[C@H]5O)nc2c1. The van der Waals surface area contributed by atoms with E-state index in [1.165, 1.54) is 25.7 Å². The average molecular weight is 507 g/mol. The highest BCUT2D eigenvalue weighted by Crippen LogP contribution is 2.68. The first-order chi connectivity index (χ1) is 17.7. The number of benzene rings is 1. The fourth-order valence-electron chi connectivity index (χ4n) is 10.0. The fraction of sp³-hybridized carbons (Fsp3) is 0.750. The zero-order valence-electron chi connectivity index (χ0n) is 23.2. The number of ether oxygens (including phenoxy) is 1. The molecule has 6 rings (SSSR count). The molecule has 4 aliphatic carbocycles. The minimum Gasteiger partial charge on any atom is -0.497 e. The molecule has 1 aromatic heterocycles. The van der Waals surface area contributed by atoms with Crippen LogP contribution in [0.4, 0.5) is 0 Å². The molecule has 1 aromatic carbocycles. The predicted octanol–water partition coefficient (Wildman–Crippen LogP) is 6.20. The molecule has 0 radical (unpaired) electrons. The highest BCUT2D eigenvalue weighted by molar-refractivity contribution is 5.79. The molecule has 4 saturated carbocycles. The van der Waals surface area contributed by atoms with E-state index in [0.717, 1.165) is 61.0 Å². The molecule has 37 heavy (non-hydrogen) atoms. The maximum atomic E-state index is 11.5. The molecule has 2 aromatic rings. The van der Waals surface area contributed by atoms with E-state index in [9.17, 15) is 10.2 Å². The zero-order valence-corrected chi connectivity index (χ0v) is 23.2. The smallest absolute Gasteiger partial charge is 0.128 e. The summed E-state index contributed by atoms with van der Waals surface area (Å²) < 4.78 is 5.39. The lowest BCUT2D eigenvalue weighted by Gasteiger charge is -2.62. The van der Waals surface area contributed by atoms with Crippen LogP contribution >= 0.6 is 0 Å². The molecule has 1 unspecified atom stereocenters. The number of hydrogen-bond donors (Lipinski definition) is 2. The van der Waals surface area contributed by atoms with Gasteiger partial charge >= 0.3 is 0 Å². The lowest BCUT2D eigenvalue weighted by atomic mass is 9.43. The number of aryl methyl sites for hydroxylation is 1. The Balaban J connectivity index is 1.16. The largest absolute Gasteiger partial charge is 0.497 e. The van der Waals surface area contributed by atoms with E-state index in [-0.39, 0.29) is 12.2 Å². The molecule has 5 heteroatoms. The Morgan fingerprint density at radius 1 is 1.03 bits per heavy atom. The van der Waals surface area contributed by atoms with Crippen molar-refractivity contribution in [3.05, 3.63) is 30.2 Å². The first-order valence-electron chi connectivity index (χ1n) is 14.9.